The summed E-state index contributed by atoms with van der Waals surface area (Å²) < 4.78 is 0. The maximum Gasteiger partial charge on any atom is 0.305 e. The van der Waals surface area contributed by atoms with E-state index in [1.165, 1.54) is 0 Å². The van der Waals surface area contributed by atoms with E-state index in [9.17, 15) is 4.79 Å². The van der Waals surface area contributed by atoms with Crippen LogP contribution in [0.15, 0.2) is 6.07 Å². The van der Waals surface area contributed by atoms with Gasteiger partial charge in [0.2, 0.25) is 0 Å². The van der Waals surface area contributed by atoms with Crippen molar-refractivity contribution in [2.75, 3.05) is 24.2 Å². The zero-order chi connectivity index (χ0) is 11.3. The summed E-state index contributed by atoms with van der Waals surface area (Å²) >= 11 is 0. The third kappa shape index (κ3) is 3.80. The number of hydrogen-bond acceptors (Lipinski definition) is 5. The van der Waals surface area contributed by atoms with E-state index < -0.39 is 5.97 Å². The van der Waals surface area contributed by atoms with E-state index in [4.69, 9.17) is 5.11 Å². The minimum Gasteiger partial charge on any atom is -0.481 e. The van der Waals surface area contributed by atoms with Gasteiger partial charge >= 0.3 is 5.97 Å². The van der Waals surface area contributed by atoms with Crippen molar-refractivity contribution in [2.45, 2.75) is 13.3 Å². The molecule has 0 unspecified atom stereocenters. The van der Waals surface area contributed by atoms with E-state index in [0.717, 1.165) is 0 Å². The van der Waals surface area contributed by atoms with Crippen LogP contribution >= 0.6 is 0 Å². The maximum atomic E-state index is 10.3. The Morgan fingerprint density at radius 2 is 2.13 bits per heavy atom. The van der Waals surface area contributed by atoms with Gasteiger partial charge in [0.1, 0.15) is 17.5 Å². The number of aryl methyl sites for hydroxylation is 1. The van der Waals surface area contributed by atoms with Crippen LogP contribution in [0.25, 0.3) is 0 Å². The molecule has 1 aromatic rings. The molecule has 15 heavy (non-hydrogen) atoms. The van der Waals surface area contributed by atoms with Crippen LogP contribution in [0.4, 0.5) is 11.6 Å². The molecule has 82 valence electrons. The monoisotopic (exact) mass is 210 g/mol. The Balaban J connectivity index is 2.60. The highest BCUT2D eigenvalue weighted by molar-refractivity contribution is 5.67. The predicted octanol–water partition coefficient (Wildman–Crippen LogP) is 0.713. The molecule has 1 heterocycles. The molecule has 6 heteroatoms. The lowest BCUT2D eigenvalue weighted by atomic mass is 10.4. The summed E-state index contributed by atoms with van der Waals surface area (Å²) in [6.45, 7) is 2.14. The molecule has 0 saturated carbocycles. The lowest BCUT2D eigenvalue weighted by Crippen LogP contribution is -2.10. The average molecular weight is 210 g/mol. The number of rotatable bonds is 5. The quantitative estimate of drug-likeness (QED) is 0.663. The van der Waals surface area contributed by atoms with Gasteiger partial charge in [-0.05, 0) is 6.92 Å². The Morgan fingerprint density at radius 1 is 1.47 bits per heavy atom. The predicted molar refractivity (Wildman–Crippen MR) is 57.1 cm³/mol. The second-order valence-corrected chi connectivity index (χ2v) is 3.01. The molecule has 0 atom stereocenters. The zero-order valence-electron chi connectivity index (χ0n) is 8.74. The van der Waals surface area contributed by atoms with Gasteiger partial charge in [0.05, 0.1) is 6.42 Å². The van der Waals surface area contributed by atoms with E-state index in [0.29, 0.717) is 24.0 Å². The smallest absolute Gasteiger partial charge is 0.305 e. The highest BCUT2D eigenvalue weighted by atomic mass is 16.4. The number of aromatic nitrogens is 2. The molecular weight excluding hydrogens is 196 g/mol. The molecular formula is C9H14N4O2. The summed E-state index contributed by atoms with van der Waals surface area (Å²) in [4.78, 5) is 18.5. The minimum absolute atomic E-state index is 0.0674. The summed E-state index contributed by atoms with van der Waals surface area (Å²) in [5.41, 5.74) is 0. The van der Waals surface area contributed by atoms with Crippen molar-refractivity contribution in [1.29, 1.82) is 0 Å². The van der Waals surface area contributed by atoms with Gasteiger partial charge in [0, 0.05) is 19.7 Å². The number of aliphatic carboxylic acids is 1. The van der Waals surface area contributed by atoms with Crippen molar-refractivity contribution in [3.63, 3.8) is 0 Å². The van der Waals surface area contributed by atoms with Crippen LogP contribution in [0, 0.1) is 6.92 Å². The van der Waals surface area contributed by atoms with Gasteiger partial charge in [-0.15, -0.1) is 0 Å². The Morgan fingerprint density at radius 3 is 2.73 bits per heavy atom. The van der Waals surface area contributed by atoms with Crippen LogP contribution in [0.3, 0.4) is 0 Å². The van der Waals surface area contributed by atoms with E-state index in [2.05, 4.69) is 20.6 Å². The molecule has 1 rings (SSSR count). The molecule has 0 radical (unpaired) electrons. The average Bonchev–Trinajstić information content (AvgIpc) is 2.16. The van der Waals surface area contributed by atoms with Crippen molar-refractivity contribution in [2.24, 2.45) is 0 Å². The van der Waals surface area contributed by atoms with Gasteiger partial charge in [-0.1, -0.05) is 0 Å². The zero-order valence-corrected chi connectivity index (χ0v) is 8.74. The molecule has 6 nitrogen and oxygen atoms in total. The van der Waals surface area contributed by atoms with Crippen LogP contribution in [-0.4, -0.2) is 34.6 Å². The molecule has 1 aromatic heterocycles. The Labute approximate surface area is 87.8 Å². The molecule has 0 bridgehead atoms. The van der Waals surface area contributed by atoms with E-state index in [-0.39, 0.29) is 6.42 Å². The van der Waals surface area contributed by atoms with Gasteiger partial charge in [-0.25, -0.2) is 9.97 Å². The molecule has 0 spiro atoms. The van der Waals surface area contributed by atoms with Crippen LogP contribution in [0.1, 0.15) is 12.2 Å². The number of carbonyl (C=O) groups is 1. The van der Waals surface area contributed by atoms with Gasteiger partial charge in [0.25, 0.3) is 0 Å². The fourth-order valence-corrected chi connectivity index (χ4v) is 1.08. The molecule has 0 aliphatic rings. The molecule has 3 N–H and O–H groups in total. The van der Waals surface area contributed by atoms with E-state index in [1.807, 2.05) is 0 Å². The normalized spacial score (nSPS) is 9.73. The van der Waals surface area contributed by atoms with Gasteiger partial charge in [-0.2, -0.15) is 0 Å². The number of hydrogen-bond donors (Lipinski definition) is 3. The number of carboxylic acids is 1. The Kier molecular flexibility index (Phi) is 3.84. The molecule has 0 aromatic carbocycles. The van der Waals surface area contributed by atoms with Crippen LogP contribution in [0.5, 0.6) is 0 Å². The first-order valence-corrected chi connectivity index (χ1v) is 4.61. The van der Waals surface area contributed by atoms with Crippen LogP contribution in [-0.2, 0) is 4.79 Å². The van der Waals surface area contributed by atoms with Gasteiger partial charge in [0.15, 0.2) is 0 Å². The summed E-state index contributed by atoms with van der Waals surface area (Å²) in [7, 11) is 1.77. The van der Waals surface area contributed by atoms with Crippen molar-refractivity contribution in [3.8, 4) is 0 Å². The Bertz CT molecular complexity index is 354. The second kappa shape index (κ2) is 5.14. The molecule has 0 aliphatic carbocycles. The van der Waals surface area contributed by atoms with E-state index in [1.54, 1.807) is 20.0 Å². The van der Waals surface area contributed by atoms with E-state index >= 15 is 0 Å². The number of carboxylic acid groups (broad SMARTS) is 1. The first-order chi connectivity index (χ1) is 7.11. The fraction of sp³-hybridized carbons (Fsp3) is 0.444. The lowest BCUT2D eigenvalue weighted by Gasteiger charge is -2.06. The highest BCUT2D eigenvalue weighted by Crippen LogP contribution is 2.09. The van der Waals surface area contributed by atoms with Gasteiger partial charge < -0.3 is 15.7 Å². The Hall–Kier alpha value is -1.85. The third-order valence-corrected chi connectivity index (χ3v) is 1.74. The first kappa shape index (κ1) is 11.2. The molecule has 0 fully saturated rings. The maximum absolute atomic E-state index is 10.3. The van der Waals surface area contributed by atoms with Crippen molar-refractivity contribution >= 4 is 17.6 Å². The highest BCUT2D eigenvalue weighted by Gasteiger charge is 2.01. The molecule has 0 aliphatic heterocycles. The third-order valence-electron chi connectivity index (χ3n) is 1.74. The summed E-state index contributed by atoms with van der Waals surface area (Å²) in [5, 5.41) is 14.3. The van der Waals surface area contributed by atoms with Gasteiger partial charge in [-0.3, -0.25) is 4.79 Å². The number of nitrogens with one attached hydrogen (secondary N) is 2. The van der Waals surface area contributed by atoms with Crippen molar-refractivity contribution < 1.29 is 9.90 Å². The molecule has 0 amide bonds. The SMILES string of the molecule is CNc1cc(NCCC(=O)O)nc(C)n1. The van der Waals surface area contributed by atoms with Crippen LogP contribution < -0.4 is 10.6 Å². The largest absolute Gasteiger partial charge is 0.481 e. The van der Waals surface area contributed by atoms with Crippen molar-refractivity contribution in [3.05, 3.63) is 11.9 Å². The standard InChI is InChI=1S/C9H14N4O2/c1-6-12-7(10-2)5-8(13-6)11-4-3-9(14)15/h5H,3-4H2,1-2H3,(H,14,15)(H2,10,11,12,13). The summed E-state index contributed by atoms with van der Waals surface area (Å²) in [6, 6.07) is 1.73. The second-order valence-electron chi connectivity index (χ2n) is 3.01. The minimum atomic E-state index is -0.831. The fourth-order valence-electron chi connectivity index (χ4n) is 1.08. The van der Waals surface area contributed by atoms with Crippen LogP contribution in [0.2, 0.25) is 0 Å². The first-order valence-electron chi connectivity index (χ1n) is 4.61. The number of anilines is 2. The summed E-state index contributed by atoms with van der Waals surface area (Å²) in [5.74, 6) is 1.15. The summed E-state index contributed by atoms with van der Waals surface area (Å²) in [6.07, 6.45) is 0.0674. The lowest BCUT2D eigenvalue weighted by molar-refractivity contribution is -0.136. The number of nitrogens with zero attached hydrogens (tertiary/aromatic N) is 2. The topological polar surface area (TPSA) is 87.1 Å². The molecule has 0 saturated heterocycles. The van der Waals surface area contributed by atoms with Crippen molar-refractivity contribution in [1.82, 2.24) is 9.97 Å².